The van der Waals surface area contributed by atoms with E-state index < -0.39 is 46.1 Å². The average molecular weight is 649 g/mol. The molecule has 6 rings (SSSR count). The molecule has 0 atom stereocenters. The summed E-state index contributed by atoms with van der Waals surface area (Å²) in [5.41, 5.74) is 0.593. The molecule has 1 aliphatic rings. The second kappa shape index (κ2) is 13.5. The van der Waals surface area contributed by atoms with Crippen LogP contribution in [0.15, 0.2) is 84.9 Å². The maximum absolute atomic E-state index is 15.6. The number of fused-ring (bicyclic) bond motifs is 1. The summed E-state index contributed by atoms with van der Waals surface area (Å²) >= 11 is 0. The lowest BCUT2D eigenvalue weighted by Gasteiger charge is -2.28. The van der Waals surface area contributed by atoms with Crippen molar-refractivity contribution in [3.05, 3.63) is 131 Å². The Bertz CT molecular complexity index is 1850. The molecule has 0 bridgehead atoms. The van der Waals surface area contributed by atoms with Crippen molar-refractivity contribution < 1.29 is 30.7 Å². The fraction of sp³-hybridized carbons (Fsp3) is 0.300. The highest BCUT2D eigenvalue weighted by Crippen LogP contribution is 2.40. The summed E-state index contributed by atoms with van der Waals surface area (Å²) in [6.45, 7) is 2.23. The molecule has 0 unspecified atom stereocenters. The Labute approximate surface area is 270 Å². The van der Waals surface area contributed by atoms with E-state index >= 15 is 17.6 Å². The SMILES string of the molecule is CCC[C@H]1CC[C@H](CCc2ccc(-c3c(F)cc(C(F)(F)c4ccc(-c5ccc6c(F)c(F)c(F)cc6c5)cc4)cc3F)cc2)CC1. The first-order chi connectivity index (χ1) is 22.5. The van der Waals surface area contributed by atoms with Crippen molar-refractivity contribution in [1.82, 2.24) is 0 Å². The normalized spacial score (nSPS) is 16.9. The predicted molar refractivity (Wildman–Crippen MR) is 173 cm³/mol. The first-order valence-electron chi connectivity index (χ1n) is 16.2. The number of hydrogen-bond donors (Lipinski definition) is 0. The van der Waals surface area contributed by atoms with Gasteiger partial charge in [-0.1, -0.05) is 106 Å². The highest BCUT2D eigenvalue weighted by molar-refractivity contribution is 5.88. The molecule has 5 aromatic rings. The first kappa shape index (κ1) is 32.8. The van der Waals surface area contributed by atoms with Crippen LogP contribution in [0.25, 0.3) is 33.0 Å². The van der Waals surface area contributed by atoms with Crippen molar-refractivity contribution >= 4 is 10.8 Å². The van der Waals surface area contributed by atoms with Crippen LogP contribution in [0.3, 0.4) is 0 Å². The van der Waals surface area contributed by atoms with Gasteiger partial charge in [0.1, 0.15) is 11.6 Å². The van der Waals surface area contributed by atoms with Crippen LogP contribution >= 0.6 is 0 Å². The van der Waals surface area contributed by atoms with E-state index in [4.69, 9.17) is 0 Å². The van der Waals surface area contributed by atoms with Gasteiger partial charge in [0.2, 0.25) is 0 Å². The van der Waals surface area contributed by atoms with E-state index in [0.29, 0.717) is 29.2 Å². The molecule has 0 aromatic heterocycles. The molecule has 47 heavy (non-hydrogen) atoms. The topological polar surface area (TPSA) is 0 Å². The Hall–Kier alpha value is -4.13. The molecule has 0 radical (unpaired) electrons. The van der Waals surface area contributed by atoms with E-state index in [-0.39, 0.29) is 21.9 Å². The number of halogens is 7. The summed E-state index contributed by atoms with van der Waals surface area (Å²) in [6.07, 6.45) is 9.58. The summed E-state index contributed by atoms with van der Waals surface area (Å²) in [5.74, 6) is -8.55. The maximum Gasteiger partial charge on any atom is 0.298 e. The average Bonchev–Trinajstić information content (AvgIpc) is 3.07. The Morgan fingerprint density at radius 2 is 1.15 bits per heavy atom. The van der Waals surface area contributed by atoms with Crippen LogP contribution in [-0.2, 0) is 12.3 Å². The lowest BCUT2D eigenvalue weighted by Crippen LogP contribution is -2.16. The Morgan fingerprint density at radius 3 is 1.77 bits per heavy atom. The second-order valence-corrected chi connectivity index (χ2v) is 12.8. The quantitative estimate of drug-likeness (QED) is 0.110. The van der Waals surface area contributed by atoms with Gasteiger partial charge in [0, 0.05) is 16.5 Å². The molecule has 7 heteroatoms. The highest BCUT2D eigenvalue weighted by atomic mass is 19.3. The number of aryl methyl sites for hydroxylation is 1. The molecule has 0 heterocycles. The van der Waals surface area contributed by atoms with Crippen LogP contribution in [0.4, 0.5) is 30.7 Å². The lowest BCUT2D eigenvalue weighted by atomic mass is 9.78. The van der Waals surface area contributed by atoms with Crippen LogP contribution in [0.1, 0.15) is 68.6 Å². The van der Waals surface area contributed by atoms with Gasteiger partial charge < -0.3 is 0 Å². The van der Waals surface area contributed by atoms with Crippen molar-refractivity contribution in [3.8, 4) is 22.3 Å². The number of hydrogen-bond acceptors (Lipinski definition) is 0. The molecular weight excluding hydrogens is 613 g/mol. The van der Waals surface area contributed by atoms with Gasteiger partial charge in [0.15, 0.2) is 17.5 Å². The van der Waals surface area contributed by atoms with Gasteiger partial charge in [-0.15, -0.1) is 0 Å². The molecule has 0 spiro atoms. The number of alkyl halides is 2. The standard InChI is InChI=1S/C40H35F7/c1-2-3-24-4-6-25(7-5-24)8-9-26-10-12-28(13-11-26)37-34(41)22-32(23-35(37)42)40(46,47)31-17-14-27(15-18-31)29-16-19-33-30(20-29)21-36(43)39(45)38(33)44/h10-25H,2-9H2,1H3/t24-,25-. The van der Waals surface area contributed by atoms with Crippen molar-refractivity contribution in [2.24, 2.45) is 11.8 Å². The van der Waals surface area contributed by atoms with E-state index in [1.54, 1.807) is 12.1 Å². The van der Waals surface area contributed by atoms with Gasteiger partial charge in [-0.25, -0.2) is 22.0 Å². The summed E-state index contributed by atoms with van der Waals surface area (Å²) in [5, 5.41) is -0.0109. The first-order valence-corrected chi connectivity index (χ1v) is 16.2. The van der Waals surface area contributed by atoms with E-state index in [9.17, 15) is 13.2 Å². The summed E-state index contributed by atoms with van der Waals surface area (Å²) in [6, 6.07) is 18.3. The molecule has 0 nitrogen and oxygen atoms in total. The largest absolute Gasteiger partial charge is 0.298 e. The highest BCUT2D eigenvalue weighted by Gasteiger charge is 2.36. The van der Waals surface area contributed by atoms with Crippen molar-refractivity contribution in [3.63, 3.8) is 0 Å². The molecule has 0 aliphatic heterocycles. The smallest absolute Gasteiger partial charge is 0.206 e. The fourth-order valence-corrected chi connectivity index (χ4v) is 6.98. The Morgan fingerprint density at radius 1 is 0.574 bits per heavy atom. The van der Waals surface area contributed by atoms with Crippen molar-refractivity contribution in [2.45, 2.75) is 64.2 Å². The predicted octanol–water partition coefficient (Wildman–Crippen LogP) is 12.5. The van der Waals surface area contributed by atoms with E-state index in [2.05, 4.69) is 6.92 Å². The van der Waals surface area contributed by atoms with Crippen LogP contribution < -0.4 is 0 Å². The minimum absolute atomic E-state index is 0.105. The van der Waals surface area contributed by atoms with Gasteiger partial charge in [-0.2, -0.15) is 8.78 Å². The van der Waals surface area contributed by atoms with E-state index in [0.717, 1.165) is 42.5 Å². The van der Waals surface area contributed by atoms with Crippen molar-refractivity contribution in [1.29, 1.82) is 0 Å². The zero-order valence-corrected chi connectivity index (χ0v) is 26.0. The third-order valence-electron chi connectivity index (χ3n) is 9.71. The molecule has 5 aromatic carbocycles. The molecule has 244 valence electrons. The van der Waals surface area contributed by atoms with Crippen molar-refractivity contribution in [2.75, 3.05) is 0 Å². The summed E-state index contributed by atoms with van der Waals surface area (Å²) < 4.78 is 103. The second-order valence-electron chi connectivity index (χ2n) is 12.8. The molecule has 1 saturated carbocycles. The van der Waals surface area contributed by atoms with Gasteiger partial charge in [0.05, 0.1) is 5.56 Å². The molecule has 1 aliphatic carbocycles. The third-order valence-corrected chi connectivity index (χ3v) is 9.71. The third kappa shape index (κ3) is 6.81. The number of benzene rings is 5. The molecule has 0 amide bonds. The van der Waals surface area contributed by atoms with Gasteiger partial charge >= 0.3 is 0 Å². The van der Waals surface area contributed by atoms with Crippen LogP contribution in [0.2, 0.25) is 0 Å². The zero-order chi connectivity index (χ0) is 33.3. The van der Waals surface area contributed by atoms with Gasteiger partial charge in [0.25, 0.3) is 5.92 Å². The van der Waals surface area contributed by atoms with Gasteiger partial charge in [-0.05, 0) is 76.6 Å². The summed E-state index contributed by atoms with van der Waals surface area (Å²) in [7, 11) is 0. The van der Waals surface area contributed by atoms with Crippen LogP contribution in [0, 0.1) is 40.9 Å². The van der Waals surface area contributed by atoms with E-state index in [1.165, 1.54) is 68.9 Å². The number of rotatable bonds is 9. The summed E-state index contributed by atoms with van der Waals surface area (Å²) in [4.78, 5) is 0. The Kier molecular flexibility index (Phi) is 9.45. The van der Waals surface area contributed by atoms with E-state index in [1.807, 2.05) is 12.1 Å². The molecule has 0 saturated heterocycles. The molecule has 1 fully saturated rings. The monoisotopic (exact) mass is 648 g/mol. The Balaban J connectivity index is 1.16. The van der Waals surface area contributed by atoms with Crippen LogP contribution in [0.5, 0.6) is 0 Å². The minimum atomic E-state index is -3.72. The lowest BCUT2D eigenvalue weighted by molar-refractivity contribution is 0.0422. The molecular formula is C40H35F7. The maximum atomic E-state index is 15.6. The fourth-order valence-electron chi connectivity index (χ4n) is 6.98. The minimum Gasteiger partial charge on any atom is -0.206 e. The zero-order valence-electron chi connectivity index (χ0n) is 26.0. The van der Waals surface area contributed by atoms with Gasteiger partial charge in [-0.3, -0.25) is 0 Å². The van der Waals surface area contributed by atoms with Crippen LogP contribution in [-0.4, -0.2) is 0 Å². The molecule has 0 N–H and O–H groups in total.